The Bertz CT molecular complexity index is 827. The number of hydrogen-bond donors (Lipinski definition) is 0. The van der Waals surface area contributed by atoms with Crippen LogP contribution in [0.2, 0.25) is 0 Å². The van der Waals surface area contributed by atoms with Gasteiger partial charge in [0.1, 0.15) is 6.61 Å². The van der Waals surface area contributed by atoms with E-state index in [1.807, 2.05) is 36.5 Å². The molecule has 1 aromatic heterocycles. The maximum atomic E-state index is 12.5. The molecule has 0 fully saturated rings. The summed E-state index contributed by atoms with van der Waals surface area (Å²) >= 11 is 0. The molecule has 3 nitrogen and oxygen atoms in total. The maximum Gasteiger partial charge on any atom is 0.223 e. The molecule has 2 aromatic rings. The van der Waals surface area contributed by atoms with E-state index in [4.69, 9.17) is 4.74 Å². The zero-order chi connectivity index (χ0) is 25.0. The Kier molecular flexibility index (Phi) is 16.0. The number of hydrogen-bond acceptors (Lipinski definition) is 2. The van der Waals surface area contributed by atoms with Crippen molar-refractivity contribution in [2.45, 2.75) is 136 Å². The number of ether oxygens (including phenoxy) is 1. The minimum Gasteiger partial charge on any atom is -0.483 e. The normalized spacial score (nSPS) is 11.1. The Balaban J connectivity index is 1.55. The van der Waals surface area contributed by atoms with Gasteiger partial charge in [-0.05, 0) is 18.4 Å². The van der Waals surface area contributed by atoms with E-state index in [-0.39, 0.29) is 5.43 Å². The van der Waals surface area contributed by atoms with Crippen molar-refractivity contribution in [2.75, 3.05) is 0 Å². The van der Waals surface area contributed by atoms with E-state index in [1.165, 1.54) is 96.3 Å². The summed E-state index contributed by atoms with van der Waals surface area (Å²) in [7, 11) is 0. The monoisotopic (exact) mass is 481 g/mol. The summed E-state index contributed by atoms with van der Waals surface area (Å²) in [6, 6.07) is 11.7. The highest BCUT2D eigenvalue weighted by Gasteiger charge is 2.11. The van der Waals surface area contributed by atoms with Crippen molar-refractivity contribution in [1.29, 1.82) is 0 Å². The van der Waals surface area contributed by atoms with Gasteiger partial charge in [0.05, 0.1) is 5.69 Å². The fraction of sp³-hybridized carbons (Fsp3) is 0.656. The van der Waals surface area contributed by atoms with Crippen LogP contribution >= 0.6 is 0 Å². The second-order valence-electron chi connectivity index (χ2n) is 10.1. The fourth-order valence-electron chi connectivity index (χ4n) is 4.88. The zero-order valence-electron chi connectivity index (χ0n) is 22.7. The van der Waals surface area contributed by atoms with E-state index >= 15 is 0 Å². The molecule has 0 unspecified atom stereocenters. The summed E-state index contributed by atoms with van der Waals surface area (Å²) in [5.41, 5.74) is 2.09. The summed E-state index contributed by atoms with van der Waals surface area (Å²) < 4.78 is 8.21. The lowest BCUT2D eigenvalue weighted by atomic mass is 10.0. The van der Waals surface area contributed by atoms with Gasteiger partial charge in [0.2, 0.25) is 5.43 Å². The fourth-order valence-corrected chi connectivity index (χ4v) is 4.88. The van der Waals surface area contributed by atoms with Gasteiger partial charge in [0, 0.05) is 18.8 Å². The van der Waals surface area contributed by atoms with Gasteiger partial charge < -0.3 is 9.30 Å². The molecule has 3 heteroatoms. The van der Waals surface area contributed by atoms with E-state index in [1.54, 1.807) is 6.07 Å². The maximum absolute atomic E-state index is 12.5. The summed E-state index contributed by atoms with van der Waals surface area (Å²) in [6.45, 7) is 5.79. The van der Waals surface area contributed by atoms with Gasteiger partial charge in [-0.3, -0.25) is 4.79 Å². The van der Waals surface area contributed by atoms with E-state index in [2.05, 4.69) is 18.4 Å². The molecule has 1 heterocycles. The third-order valence-corrected chi connectivity index (χ3v) is 7.05. The molecular weight excluding hydrogens is 430 g/mol. The van der Waals surface area contributed by atoms with Crippen LogP contribution in [-0.2, 0) is 19.6 Å². The number of aryl methyl sites for hydroxylation is 1. The average molecular weight is 482 g/mol. The van der Waals surface area contributed by atoms with Crippen molar-refractivity contribution in [1.82, 2.24) is 4.57 Å². The molecule has 0 saturated carbocycles. The van der Waals surface area contributed by atoms with Crippen molar-refractivity contribution in [3.63, 3.8) is 0 Å². The molecule has 0 aliphatic carbocycles. The minimum atomic E-state index is -0.0130. The summed E-state index contributed by atoms with van der Waals surface area (Å²) in [4.78, 5) is 12.5. The smallest absolute Gasteiger partial charge is 0.223 e. The first-order valence-electron chi connectivity index (χ1n) is 14.6. The highest BCUT2D eigenvalue weighted by Crippen LogP contribution is 2.18. The Morgan fingerprint density at radius 2 is 1.17 bits per heavy atom. The molecule has 0 aliphatic rings. The highest BCUT2D eigenvalue weighted by atomic mass is 16.5. The molecule has 0 saturated heterocycles. The topological polar surface area (TPSA) is 31.2 Å². The molecular formula is C32H51NO2. The van der Waals surface area contributed by atoms with Gasteiger partial charge in [-0.2, -0.15) is 0 Å². The Morgan fingerprint density at radius 1 is 0.657 bits per heavy atom. The van der Waals surface area contributed by atoms with Crippen molar-refractivity contribution in [3.05, 3.63) is 64.1 Å². The van der Waals surface area contributed by atoms with Gasteiger partial charge in [-0.25, -0.2) is 0 Å². The number of rotatable bonds is 21. The molecule has 0 amide bonds. The van der Waals surface area contributed by atoms with Crippen LogP contribution in [0.5, 0.6) is 5.75 Å². The molecule has 196 valence electrons. The van der Waals surface area contributed by atoms with Crippen LogP contribution < -0.4 is 10.2 Å². The van der Waals surface area contributed by atoms with E-state index in [0.29, 0.717) is 12.4 Å². The Hall–Kier alpha value is -2.03. The van der Waals surface area contributed by atoms with Gasteiger partial charge in [0.15, 0.2) is 5.75 Å². The van der Waals surface area contributed by atoms with Crippen LogP contribution in [-0.4, -0.2) is 4.57 Å². The molecule has 1 aromatic carbocycles. The lowest BCUT2D eigenvalue weighted by Gasteiger charge is -2.16. The molecule has 0 aliphatic heterocycles. The van der Waals surface area contributed by atoms with Crippen LogP contribution in [0.4, 0.5) is 0 Å². The standard InChI is InChI=1S/C32H51NO2/c1-3-5-6-7-8-9-10-11-12-13-14-15-16-17-18-22-26-33-27-25-31(34)32(30(33)4-2)35-28-29-23-20-19-21-24-29/h19-21,23-25,27H,3-18,22,26,28H2,1-2H3. The minimum absolute atomic E-state index is 0.0130. The van der Waals surface area contributed by atoms with Gasteiger partial charge in [-0.15, -0.1) is 0 Å². The molecule has 0 bridgehead atoms. The lowest BCUT2D eigenvalue weighted by Crippen LogP contribution is -2.16. The van der Waals surface area contributed by atoms with Crippen LogP contribution in [0.3, 0.4) is 0 Å². The van der Waals surface area contributed by atoms with Gasteiger partial charge in [-0.1, -0.05) is 140 Å². The number of nitrogens with zero attached hydrogens (tertiary/aromatic N) is 1. The Labute approximate surface area is 215 Å². The number of pyridine rings is 1. The first kappa shape index (κ1) is 29.2. The number of aromatic nitrogens is 1. The van der Waals surface area contributed by atoms with Crippen molar-refractivity contribution in [3.8, 4) is 5.75 Å². The van der Waals surface area contributed by atoms with Crippen LogP contribution in [0.1, 0.15) is 128 Å². The SMILES string of the molecule is CCCCCCCCCCCCCCCCCCn1ccc(=O)c(OCc2ccccc2)c1CC. The second kappa shape index (κ2) is 19.2. The van der Waals surface area contributed by atoms with Gasteiger partial charge in [0.25, 0.3) is 0 Å². The quantitative estimate of drug-likeness (QED) is 0.166. The largest absolute Gasteiger partial charge is 0.483 e. The van der Waals surface area contributed by atoms with Crippen LogP contribution in [0.15, 0.2) is 47.4 Å². The summed E-state index contributed by atoms with van der Waals surface area (Å²) in [5, 5.41) is 0. The molecule has 0 radical (unpaired) electrons. The number of unbranched alkanes of at least 4 members (excludes halogenated alkanes) is 15. The Morgan fingerprint density at radius 3 is 1.69 bits per heavy atom. The average Bonchev–Trinajstić information content (AvgIpc) is 2.88. The predicted molar refractivity (Wildman–Crippen MR) is 150 cm³/mol. The van der Waals surface area contributed by atoms with Crippen molar-refractivity contribution in [2.24, 2.45) is 0 Å². The third kappa shape index (κ3) is 12.5. The van der Waals surface area contributed by atoms with Gasteiger partial charge >= 0.3 is 0 Å². The molecule has 2 rings (SSSR count). The molecule has 35 heavy (non-hydrogen) atoms. The van der Waals surface area contributed by atoms with E-state index < -0.39 is 0 Å². The highest BCUT2D eigenvalue weighted by molar-refractivity contribution is 5.29. The predicted octanol–water partition coefficient (Wildman–Crippen LogP) is 9.25. The first-order chi connectivity index (χ1) is 17.3. The van der Waals surface area contributed by atoms with E-state index in [0.717, 1.165) is 30.6 Å². The second-order valence-corrected chi connectivity index (χ2v) is 10.1. The molecule has 0 atom stereocenters. The summed E-state index contributed by atoms with van der Waals surface area (Å²) in [6.07, 6.45) is 24.9. The van der Waals surface area contributed by atoms with Crippen LogP contribution in [0, 0.1) is 0 Å². The summed E-state index contributed by atoms with van der Waals surface area (Å²) in [5.74, 6) is 0.523. The zero-order valence-corrected chi connectivity index (χ0v) is 22.7. The van der Waals surface area contributed by atoms with Crippen LogP contribution in [0.25, 0.3) is 0 Å². The van der Waals surface area contributed by atoms with Crippen molar-refractivity contribution >= 4 is 0 Å². The van der Waals surface area contributed by atoms with E-state index in [9.17, 15) is 4.79 Å². The lowest BCUT2D eigenvalue weighted by molar-refractivity contribution is 0.295. The van der Waals surface area contributed by atoms with Crippen molar-refractivity contribution < 1.29 is 4.74 Å². The first-order valence-corrected chi connectivity index (χ1v) is 14.6. The number of benzene rings is 1. The molecule has 0 spiro atoms. The molecule has 0 N–H and O–H groups in total. The third-order valence-electron chi connectivity index (χ3n) is 7.05.